The van der Waals surface area contributed by atoms with Gasteiger partial charge in [0.15, 0.2) is 15.9 Å². The van der Waals surface area contributed by atoms with Crippen LogP contribution in [0.4, 0.5) is 13.6 Å². The molecule has 9 heteroatoms. The van der Waals surface area contributed by atoms with Crippen molar-refractivity contribution in [1.82, 2.24) is 0 Å². The predicted molar refractivity (Wildman–Crippen MR) is 69.5 cm³/mol. The highest BCUT2D eigenvalue weighted by Crippen LogP contribution is 2.21. The Hall–Kier alpha value is -1.74. The van der Waals surface area contributed by atoms with E-state index in [1.54, 1.807) is 0 Å². The van der Waals surface area contributed by atoms with Gasteiger partial charge in [-0.15, -0.1) is 0 Å². The molecule has 0 heterocycles. The zero-order valence-corrected chi connectivity index (χ0v) is 12.0. The number of rotatable bonds is 7. The molecule has 0 aliphatic rings. The second-order valence-electron chi connectivity index (χ2n) is 3.99. The summed E-state index contributed by atoms with van der Waals surface area (Å²) >= 11 is 0. The molecule has 1 aromatic rings. The summed E-state index contributed by atoms with van der Waals surface area (Å²) in [5.74, 6) is -0.0674. The minimum atomic E-state index is -3.37. The molecule has 0 fully saturated rings. The van der Waals surface area contributed by atoms with Crippen molar-refractivity contribution in [1.29, 1.82) is 0 Å². The Balaban J connectivity index is 2.95. The van der Waals surface area contributed by atoms with E-state index < -0.39 is 35.3 Å². The van der Waals surface area contributed by atoms with Crippen molar-refractivity contribution >= 4 is 15.9 Å². The lowest BCUT2D eigenvalue weighted by atomic mass is 10.1. The topological polar surface area (TPSA) is 95.7 Å². The molecule has 0 radical (unpaired) electrons. The molecule has 0 spiro atoms. The first-order chi connectivity index (χ1) is 9.76. The van der Waals surface area contributed by atoms with Crippen LogP contribution in [-0.2, 0) is 19.3 Å². The number of hydrogen-bond acceptors (Lipinski definition) is 5. The molecule has 0 aromatic heterocycles. The molecule has 118 valence electrons. The highest BCUT2D eigenvalue weighted by atomic mass is 32.2. The van der Waals surface area contributed by atoms with Gasteiger partial charge in [0.25, 0.3) is 0 Å². The van der Waals surface area contributed by atoms with Crippen LogP contribution >= 0.6 is 0 Å². The van der Waals surface area contributed by atoms with Crippen molar-refractivity contribution in [3.05, 3.63) is 29.8 Å². The number of ether oxygens (including phenoxy) is 2. The zero-order chi connectivity index (χ0) is 16.0. The van der Waals surface area contributed by atoms with Gasteiger partial charge in [-0.3, -0.25) is 0 Å². The van der Waals surface area contributed by atoms with Gasteiger partial charge >= 0.3 is 12.7 Å². The number of alkyl halides is 2. The molecule has 1 amide bonds. The SMILES string of the molecule is CCS(=O)(=O)c1ccc([C@H](COC(F)F)OC(N)=O)cc1. The first kappa shape index (κ1) is 17.3. The van der Waals surface area contributed by atoms with E-state index in [2.05, 4.69) is 9.47 Å². The number of halogens is 2. The summed E-state index contributed by atoms with van der Waals surface area (Å²) in [7, 11) is -3.37. The minimum absolute atomic E-state index is 0.0674. The lowest BCUT2D eigenvalue weighted by Crippen LogP contribution is -2.22. The Bertz CT molecular complexity index is 574. The van der Waals surface area contributed by atoms with Gasteiger partial charge in [0.1, 0.15) is 0 Å². The number of carbonyl (C=O) groups is 1. The van der Waals surface area contributed by atoms with Crippen molar-refractivity contribution in [3.8, 4) is 0 Å². The van der Waals surface area contributed by atoms with Gasteiger partial charge in [0.2, 0.25) is 0 Å². The standard InChI is InChI=1S/C12H15F2NO5S/c1-2-21(17,18)9-5-3-8(4-6-9)10(20-12(15)16)7-19-11(13)14/h3-6,10-11H,2,7H2,1H3,(H2,15,16)/t10-/m0/s1. The van der Waals surface area contributed by atoms with Crippen LogP contribution in [0.15, 0.2) is 29.2 Å². The lowest BCUT2D eigenvalue weighted by Gasteiger charge is -2.17. The van der Waals surface area contributed by atoms with Crippen molar-refractivity contribution < 1.29 is 31.5 Å². The molecule has 0 bridgehead atoms. The summed E-state index contributed by atoms with van der Waals surface area (Å²) in [5, 5.41) is 0. The van der Waals surface area contributed by atoms with Crippen molar-refractivity contribution in [2.75, 3.05) is 12.4 Å². The molecule has 1 rings (SSSR count). The smallest absolute Gasteiger partial charge is 0.405 e. The number of nitrogens with two attached hydrogens (primary N) is 1. The maximum absolute atomic E-state index is 12.0. The van der Waals surface area contributed by atoms with E-state index >= 15 is 0 Å². The number of sulfone groups is 1. The lowest BCUT2D eigenvalue weighted by molar-refractivity contribution is -0.148. The minimum Gasteiger partial charge on any atom is -0.439 e. The van der Waals surface area contributed by atoms with Gasteiger partial charge in [-0.05, 0) is 17.7 Å². The van der Waals surface area contributed by atoms with E-state index in [1.807, 2.05) is 0 Å². The summed E-state index contributed by atoms with van der Waals surface area (Å²) < 4.78 is 56.1. The van der Waals surface area contributed by atoms with E-state index in [0.29, 0.717) is 5.56 Å². The number of hydrogen-bond donors (Lipinski definition) is 1. The van der Waals surface area contributed by atoms with Crippen LogP contribution in [-0.4, -0.2) is 33.5 Å². The first-order valence-corrected chi connectivity index (χ1v) is 7.60. The summed E-state index contributed by atoms with van der Waals surface area (Å²) in [6, 6.07) is 5.30. The van der Waals surface area contributed by atoms with Crippen molar-refractivity contribution in [2.24, 2.45) is 5.73 Å². The van der Waals surface area contributed by atoms with Crippen LogP contribution < -0.4 is 5.73 Å². The fourth-order valence-corrected chi connectivity index (χ4v) is 2.44. The Morgan fingerprint density at radius 2 is 1.86 bits per heavy atom. The number of benzene rings is 1. The van der Waals surface area contributed by atoms with Crippen LogP contribution in [0.1, 0.15) is 18.6 Å². The van der Waals surface area contributed by atoms with Crippen LogP contribution in [0.2, 0.25) is 0 Å². The molecule has 1 aromatic carbocycles. The van der Waals surface area contributed by atoms with Gasteiger partial charge in [0, 0.05) is 0 Å². The third-order valence-electron chi connectivity index (χ3n) is 2.62. The molecule has 21 heavy (non-hydrogen) atoms. The summed E-state index contributed by atoms with van der Waals surface area (Å²) in [6.45, 7) is -2.12. The maximum Gasteiger partial charge on any atom is 0.405 e. The molecule has 0 aliphatic heterocycles. The van der Waals surface area contributed by atoms with E-state index in [4.69, 9.17) is 5.73 Å². The molecule has 6 nitrogen and oxygen atoms in total. The molecule has 1 atom stereocenters. The molecule has 0 saturated carbocycles. The van der Waals surface area contributed by atoms with Crippen LogP contribution in [0.3, 0.4) is 0 Å². The Labute approximate surface area is 120 Å². The number of carbonyl (C=O) groups excluding carboxylic acids is 1. The average molecular weight is 323 g/mol. The highest BCUT2D eigenvalue weighted by molar-refractivity contribution is 7.91. The van der Waals surface area contributed by atoms with Crippen LogP contribution in [0, 0.1) is 0 Å². The Morgan fingerprint density at radius 1 is 1.29 bits per heavy atom. The van der Waals surface area contributed by atoms with Crippen LogP contribution in [0.25, 0.3) is 0 Å². The number of primary amides is 1. The second kappa shape index (κ2) is 7.32. The van der Waals surface area contributed by atoms with Gasteiger partial charge in [-0.25, -0.2) is 13.2 Å². The fourth-order valence-electron chi connectivity index (χ4n) is 1.56. The third-order valence-corrected chi connectivity index (χ3v) is 4.37. The quantitative estimate of drug-likeness (QED) is 0.826. The molecule has 0 aliphatic carbocycles. The first-order valence-electron chi connectivity index (χ1n) is 5.94. The van der Waals surface area contributed by atoms with E-state index in [0.717, 1.165) is 0 Å². The summed E-state index contributed by atoms with van der Waals surface area (Å²) in [6.07, 6.45) is -2.29. The Kier molecular flexibility index (Phi) is 6.03. The fraction of sp³-hybridized carbons (Fsp3) is 0.417. The highest BCUT2D eigenvalue weighted by Gasteiger charge is 2.19. The Morgan fingerprint density at radius 3 is 2.29 bits per heavy atom. The van der Waals surface area contributed by atoms with Crippen molar-refractivity contribution in [3.63, 3.8) is 0 Å². The average Bonchev–Trinajstić information content (AvgIpc) is 2.43. The van der Waals surface area contributed by atoms with Crippen LogP contribution in [0.5, 0.6) is 0 Å². The molecular weight excluding hydrogens is 308 g/mol. The van der Waals surface area contributed by atoms with Gasteiger partial charge < -0.3 is 15.2 Å². The summed E-state index contributed by atoms with van der Waals surface area (Å²) in [4.78, 5) is 10.8. The second-order valence-corrected chi connectivity index (χ2v) is 6.27. The van der Waals surface area contributed by atoms with Gasteiger partial charge in [-0.2, -0.15) is 8.78 Å². The van der Waals surface area contributed by atoms with E-state index in [9.17, 15) is 22.0 Å². The van der Waals surface area contributed by atoms with Gasteiger partial charge in [0.05, 0.1) is 17.3 Å². The van der Waals surface area contributed by atoms with E-state index in [1.165, 1.54) is 31.2 Å². The molecular formula is C12H15F2NO5S. The third kappa shape index (κ3) is 5.27. The molecule has 2 N–H and O–H groups in total. The monoisotopic (exact) mass is 323 g/mol. The van der Waals surface area contributed by atoms with Crippen molar-refractivity contribution in [2.45, 2.75) is 24.5 Å². The predicted octanol–water partition coefficient (Wildman–Crippen LogP) is 1.86. The normalized spacial score (nSPS) is 13.1. The maximum atomic E-state index is 12.0. The van der Waals surface area contributed by atoms with E-state index in [-0.39, 0.29) is 10.6 Å². The molecule has 0 saturated heterocycles. The summed E-state index contributed by atoms with van der Waals surface area (Å²) in [5.41, 5.74) is 5.15. The molecule has 0 unspecified atom stereocenters. The zero-order valence-electron chi connectivity index (χ0n) is 11.2. The largest absolute Gasteiger partial charge is 0.439 e. The van der Waals surface area contributed by atoms with Gasteiger partial charge in [-0.1, -0.05) is 19.1 Å². The number of amides is 1.